The Labute approximate surface area is 152 Å². The van der Waals surface area contributed by atoms with Crippen molar-refractivity contribution in [1.82, 2.24) is 0 Å². The van der Waals surface area contributed by atoms with Crippen molar-refractivity contribution in [2.45, 2.75) is 67.8 Å². The minimum absolute atomic E-state index is 0.0681. The van der Waals surface area contributed by atoms with E-state index in [2.05, 4.69) is 0 Å². The zero-order valence-electron chi connectivity index (χ0n) is 14.8. The molecule has 4 N–H and O–H groups in total. The SMILES string of the molecule is Oc1ccc2c3c1O[C@H]1[C@@H](O)CC[C@@]4(O)[C@@H](C2)[N+](O)(CC2CC2)CC[C@]314. The molecule has 3 aliphatic carbocycles. The van der Waals surface area contributed by atoms with Crippen LogP contribution in [-0.2, 0) is 11.8 Å². The molecule has 1 aromatic rings. The highest BCUT2D eigenvalue weighted by Gasteiger charge is 2.77. The Bertz CT molecular complexity index is 810. The second-order valence-electron chi connectivity index (χ2n) is 9.29. The zero-order chi connectivity index (χ0) is 17.9. The fourth-order valence-corrected chi connectivity index (χ4v) is 6.76. The molecular formula is C20H26NO5+. The molecule has 0 amide bonds. The molecule has 0 aromatic heterocycles. The fourth-order valence-electron chi connectivity index (χ4n) is 6.76. The van der Waals surface area contributed by atoms with Crippen LogP contribution in [0.25, 0.3) is 0 Å². The van der Waals surface area contributed by atoms with E-state index in [0.717, 1.165) is 24.0 Å². The molecule has 6 atom stereocenters. The number of benzene rings is 1. The third-order valence-electron chi connectivity index (χ3n) is 8.05. The van der Waals surface area contributed by atoms with E-state index in [1.807, 2.05) is 6.07 Å². The predicted octanol–water partition coefficient (Wildman–Crippen LogP) is 1.22. The quantitative estimate of drug-likeness (QED) is 0.596. The summed E-state index contributed by atoms with van der Waals surface area (Å²) in [6.45, 7) is 1.27. The number of aliphatic hydroxyl groups is 2. The van der Waals surface area contributed by atoms with Gasteiger partial charge in [0.15, 0.2) is 17.5 Å². The minimum Gasteiger partial charge on any atom is -0.504 e. The van der Waals surface area contributed by atoms with Gasteiger partial charge in [0.2, 0.25) is 0 Å². The summed E-state index contributed by atoms with van der Waals surface area (Å²) in [7, 11) is 0. The maximum absolute atomic E-state index is 12.0. The van der Waals surface area contributed by atoms with E-state index < -0.39 is 23.2 Å². The highest BCUT2D eigenvalue weighted by Crippen LogP contribution is 2.66. The average molecular weight is 360 g/mol. The molecule has 6 heteroatoms. The summed E-state index contributed by atoms with van der Waals surface area (Å²) in [6.07, 6.45) is 3.15. The molecular weight excluding hydrogens is 334 g/mol. The summed E-state index contributed by atoms with van der Waals surface area (Å²) in [6, 6.07) is 3.24. The average Bonchev–Trinajstić information content (AvgIpc) is 3.32. The number of phenols is 1. The maximum Gasteiger partial charge on any atom is 0.165 e. The van der Waals surface area contributed by atoms with Crippen LogP contribution in [0, 0.1) is 5.92 Å². The lowest BCUT2D eigenvalue weighted by molar-refractivity contribution is -1.13. The number of likely N-dealkylation sites (tertiary alicyclic amines) is 1. The Kier molecular flexibility index (Phi) is 2.75. The molecule has 1 saturated heterocycles. The number of piperidine rings is 1. The van der Waals surface area contributed by atoms with Crippen molar-refractivity contribution in [1.29, 1.82) is 0 Å². The topological polar surface area (TPSA) is 90.2 Å². The predicted molar refractivity (Wildman–Crippen MR) is 91.0 cm³/mol. The zero-order valence-corrected chi connectivity index (χ0v) is 14.8. The molecule has 1 unspecified atom stereocenters. The molecule has 2 heterocycles. The molecule has 0 radical (unpaired) electrons. The van der Waals surface area contributed by atoms with Crippen molar-refractivity contribution in [3.8, 4) is 11.5 Å². The first-order valence-electron chi connectivity index (χ1n) is 9.91. The summed E-state index contributed by atoms with van der Waals surface area (Å²) in [5.74, 6) is 1.07. The number of rotatable bonds is 2. The van der Waals surface area contributed by atoms with Crippen LogP contribution >= 0.6 is 0 Å². The van der Waals surface area contributed by atoms with E-state index in [1.54, 1.807) is 6.07 Å². The summed E-state index contributed by atoms with van der Waals surface area (Å²) in [4.78, 5) is 0. The number of aliphatic hydroxyl groups excluding tert-OH is 1. The van der Waals surface area contributed by atoms with Gasteiger partial charge in [-0.25, -0.2) is 5.21 Å². The molecule has 2 saturated carbocycles. The van der Waals surface area contributed by atoms with Crippen molar-refractivity contribution >= 4 is 0 Å². The molecule has 1 aromatic carbocycles. The first-order chi connectivity index (χ1) is 12.4. The Morgan fingerprint density at radius 2 is 2.00 bits per heavy atom. The van der Waals surface area contributed by atoms with Gasteiger partial charge in [-0.15, -0.1) is 0 Å². The van der Waals surface area contributed by atoms with Crippen LogP contribution in [0.3, 0.4) is 0 Å². The van der Waals surface area contributed by atoms with E-state index in [4.69, 9.17) is 4.74 Å². The van der Waals surface area contributed by atoms with Gasteiger partial charge in [-0.05, 0) is 37.3 Å². The van der Waals surface area contributed by atoms with E-state index >= 15 is 0 Å². The van der Waals surface area contributed by atoms with Gasteiger partial charge in [-0.2, -0.15) is 4.65 Å². The van der Waals surface area contributed by atoms with Crippen LogP contribution in [0.1, 0.15) is 43.2 Å². The van der Waals surface area contributed by atoms with E-state index in [1.165, 1.54) is 0 Å². The maximum atomic E-state index is 12.0. The van der Waals surface area contributed by atoms with E-state index in [0.29, 0.717) is 50.4 Å². The largest absolute Gasteiger partial charge is 0.504 e. The van der Waals surface area contributed by atoms with Gasteiger partial charge in [0, 0.05) is 24.3 Å². The molecule has 6 nitrogen and oxygen atoms in total. The van der Waals surface area contributed by atoms with Gasteiger partial charge in [0.1, 0.15) is 24.8 Å². The van der Waals surface area contributed by atoms with E-state index in [-0.39, 0.29) is 16.4 Å². The van der Waals surface area contributed by atoms with Crippen LogP contribution in [0.4, 0.5) is 0 Å². The van der Waals surface area contributed by atoms with Crippen LogP contribution in [0.15, 0.2) is 12.1 Å². The number of aromatic hydroxyl groups is 1. The number of ether oxygens (including phenoxy) is 1. The van der Waals surface area contributed by atoms with Crippen molar-refractivity contribution in [3.63, 3.8) is 0 Å². The third kappa shape index (κ3) is 1.59. The van der Waals surface area contributed by atoms with Crippen molar-refractivity contribution < 1.29 is 29.9 Å². The Morgan fingerprint density at radius 3 is 2.77 bits per heavy atom. The summed E-state index contributed by atoms with van der Waals surface area (Å²) >= 11 is 0. The number of hydrogen-bond donors (Lipinski definition) is 4. The highest BCUT2D eigenvalue weighted by molar-refractivity contribution is 5.62. The van der Waals surface area contributed by atoms with Crippen LogP contribution in [0.5, 0.6) is 11.5 Å². The molecule has 2 bridgehead atoms. The lowest BCUT2D eigenvalue weighted by Gasteiger charge is -2.63. The fraction of sp³-hybridized carbons (Fsp3) is 0.700. The molecule has 2 aliphatic heterocycles. The van der Waals surface area contributed by atoms with Gasteiger partial charge in [-0.1, -0.05) is 6.07 Å². The van der Waals surface area contributed by atoms with Crippen LogP contribution < -0.4 is 4.74 Å². The van der Waals surface area contributed by atoms with E-state index in [9.17, 15) is 20.5 Å². The lowest BCUT2D eigenvalue weighted by atomic mass is 9.48. The molecule has 140 valence electrons. The van der Waals surface area contributed by atoms with Gasteiger partial charge in [0.05, 0.1) is 11.5 Å². The summed E-state index contributed by atoms with van der Waals surface area (Å²) in [5, 5.41) is 44.7. The first-order valence-corrected chi connectivity index (χ1v) is 9.91. The van der Waals surface area contributed by atoms with Crippen LogP contribution in [-0.4, -0.2) is 62.1 Å². The second kappa shape index (κ2) is 4.55. The van der Waals surface area contributed by atoms with Gasteiger partial charge in [0.25, 0.3) is 0 Å². The Morgan fingerprint density at radius 1 is 1.19 bits per heavy atom. The highest BCUT2D eigenvalue weighted by atomic mass is 16.6. The standard InChI is InChI=1S/C20H25NO5/c22-13-4-3-12-9-15-20(24)6-5-14(23)18-19(20,16(12)17(13)26-18)7-8-21(15,25)10-11-1-2-11/h3-4,11,14-15,18,23-25H,1-2,5-10H2/p+1/t14-,15+,18-,19-,20+,21?/m0/s1. The number of hydroxylamine groups is 3. The Balaban J connectivity index is 1.59. The summed E-state index contributed by atoms with van der Waals surface area (Å²) < 4.78 is 6.03. The Hall–Kier alpha value is -1.34. The number of nitrogens with zero attached hydrogens (tertiary/aromatic N) is 1. The molecule has 1 spiro atoms. The van der Waals surface area contributed by atoms with Crippen LogP contribution in [0.2, 0.25) is 0 Å². The van der Waals surface area contributed by atoms with Crippen molar-refractivity contribution in [2.24, 2.45) is 5.92 Å². The first kappa shape index (κ1) is 15.7. The molecule has 5 aliphatic rings. The minimum atomic E-state index is -1.12. The monoisotopic (exact) mass is 360 g/mol. The van der Waals surface area contributed by atoms with Crippen molar-refractivity contribution in [2.75, 3.05) is 13.1 Å². The van der Waals surface area contributed by atoms with Gasteiger partial charge < -0.3 is 20.1 Å². The number of quaternary nitrogens is 1. The normalized spacial score (nSPS) is 48.0. The van der Waals surface area contributed by atoms with Gasteiger partial charge in [-0.3, -0.25) is 0 Å². The smallest absolute Gasteiger partial charge is 0.165 e. The molecule has 26 heavy (non-hydrogen) atoms. The second-order valence-corrected chi connectivity index (χ2v) is 9.29. The lowest BCUT2D eigenvalue weighted by Crippen LogP contribution is -2.81. The number of phenolic OH excluding ortho intramolecular Hbond substituents is 1. The van der Waals surface area contributed by atoms with Gasteiger partial charge >= 0.3 is 0 Å². The third-order valence-corrected chi connectivity index (χ3v) is 8.05. The number of hydrogen-bond acceptors (Lipinski definition) is 5. The molecule has 6 rings (SSSR count). The molecule has 3 fully saturated rings. The van der Waals surface area contributed by atoms with Crippen molar-refractivity contribution in [3.05, 3.63) is 23.3 Å². The summed E-state index contributed by atoms with van der Waals surface area (Å²) in [5.41, 5.74) is 0.0735.